The summed E-state index contributed by atoms with van der Waals surface area (Å²) >= 11 is 0. The summed E-state index contributed by atoms with van der Waals surface area (Å²) in [5.41, 5.74) is 0.428. The summed E-state index contributed by atoms with van der Waals surface area (Å²) in [4.78, 5) is 11.6. The Kier molecular flexibility index (Phi) is 11.1. The van der Waals surface area contributed by atoms with E-state index in [2.05, 4.69) is 25.7 Å². The van der Waals surface area contributed by atoms with Gasteiger partial charge in [-0.2, -0.15) is 0 Å². The van der Waals surface area contributed by atoms with E-state index in [1.165, 1.54) is 64.2 Å². The van der Waals surface area contributed by atoms with Crippen LogP contribution in [0.1, 0.15) is 90.9 Å². The minimum Gasteiger partial charge on any atom is -0.462 e. The zero-order valence-corrected chi connectivity index (χ0v) is 18.9. The van der Waals surface area contributed by atoms with Crippen LogP contribution in [0.3, 0.4) is 0 Å². The molecule has 0 aliphatic heterocycles. The van der Waals surface area contributed by atoms with Gasteiger partial charge in [0.25, 0.3) is 0 Å². The van der Waals surface area contributed by atoms with Crippen LogP contribution in [-0.2, 0) is 9.53 Å². The molecular weight excluding hydrogens is 360 g/mol. The number of allylic oxidation sites excluding steroid dienone is 2. The Morgan fingerprint density at radius 1 is 1.00 bits per heavy atom. The van der Waals surface area contributed by atoms with Gasteiger partial charge in [0.1, 0.15) is 0 Å². The van der Waals surface area contributed by atoms with Crippen LogP contribution < -0.4 is 0 Å². The number of aliphatic hydroxyl groups is 1. The molecule has 3 nitrogen and oxygen atoms in total. The largest absolute Gasteiger partial charge is 0.462 e. The summed E-state index contributed by atoms with van der Waals surface area (Å²) in [6.07, 6.45) is 20.6. The number of ether oxygens (including phenoxy) is 1. The molecule has 0 spiro atoms. The van der Waals surface area contributed by atoms with Crippen LogP contribution in [0.25, 0.3) is 0 Å². The topological polar surface area (TPSA) is 46.5 Å². The Labute approximate surface area is 179 Å². The first-order chi connectivity index (χ1) is 14.0. The molecule has 2 aliphatic carbocycles. The Hall–Kier alpha value is -1.09. The van der Waals surface area contributed by atoms with Gasteiger partial charge < -0.3 is 9.84 Å². The molecule has 29 heavy (non-hydrogen) atoms. The second-order valence-electron chi connectivity index (χ2n) is 9.71. The van der Waals surface area contributed by atoms with Crippen LogP contribution in [-0.4, -0.2) is 24.3 Å². The third-order valence-electron chi connectivity index (χ3n) is 7.50. The molecule has 2 saturated carbocycles. The van der Waals surface area contributed by atoms with Crippen molar-refractivity contribution >= 4 is 5.97 Å². The predicted octanol–water partition coefficient (Wildman–Crippen LogP) is 6.46. The second kappa shape index (κ2) is 13.3. The smallest absolute Gasteiger partial charge is 0.333 e. The van der Waals surface area contributed by atoms with Crippen molar-refractivity contribution in [1.82, 2.24) is 0 Å². The van der Waals surface area contributed by atoms with E-state index in [-0.39, 0.29) is 18.5 Å². The van der Waals surface area contributed by atoms with E-state index < -0.39 is 0 Å². The molecule has 0 amide bonds. The average Bonchev–Trinajstić information content (AvgIpc) is 2.74. The Morgan fingerprint density at radius 2 is 1.52 bits per heavy atom. The molecule has 1 N–H and O–H groups in total. The van der Waals surface area contributed by atoms with Crippen molar-refractivity contribution in [3.05, 3.63) is 24.3 Å². The maximum atomic E-state index is 11.6. The summed E-state index contributed by atoms with van der Waals surface area (Å²) in [5.74, 6) is 3.01. The van der Waals surface area contributed by atoms with E-state index in [0.717, 1.165) is 30.6 Å². The monoisotopic (exact) mass is 404 g/mol. The third-order valence-corrected chi connectivity index (χ3v) is 7.50. The van der Waals surface area contributed by atoms with Gasteiger partial charge in [0.2, 0.25) is 0 Å². The first kappa shape index (κ1) is 24.2. The fourth-order valence-electron chi connectivity index (χ4n) is 5.37. The summed E-state index contributed by atoms with van der Waals surface area (Å²) in [6.45, 7) is 7.84. The van der Waals surface area contributed by atoms with E-state index in [1.54, 1.807) is 6.92 Å². The molecule has 1 unspecified atom stereocenters. The van der Waals surface area contributed by atoms with Gasteiger partial charge in [-0.1, -0.05) is 70.1 Å². The first-order valence-corrected chi connectivity index (χ1v) is 12.1. The number of hydrogen-bond acceptors (Lipinski definition) is 3. The molecule has 1 atom stereocenters. The molecule has 0 aromatic carbocycles. The van der Waals surface area contributed by atoms with Crippen molar-refractivity contribution in [2.75, 3.05) is 13.2 Å². The highest BCUT2D eigenvalue weighted by Gasteiger charge is 2.29. The minimum atomic E-state index is -0.339. The fraction of sp³-hybridized carbons (Fsp3) is 0.808. The zero-order valence-electron chi connectivity index (χ0n) is 18.9. The number of carbonyl (C=O) groups is 1. The quantitative estimate of drug-likeness (QED) is 0.244. The molecule has 2 rings (SSSR count). The van der Waals surface area contributed by atoms with Gasteiger partial charge in [0.15, 0.2) is 0 Å². The van der Waals surface area contributed by atoms with Crippen molar-refractivity contribution in [2.45, 2.75) is 90.9 Å². The van der Waals surface area contributed by atoms with Crippen LogP contribution in [0.15, 0.2) is 24.3 Å². The van der Waals surface area contributed by atoms with Crippen LogP contribution in [0.2, 0.25) is 0 Å². The third kappa shape index (κ3) is 8.66. The van der Waals surface area contributed by atoms with Crippen molar-refractivity contribution in [3.63, 3.8) is 0 Å². The van der Waals surface area contributed by atoms with Crippen LogP contribution >= 0.6 is 0 Å². The lowest BCUT2D eigenvalue weighted by Gasteiger charge is -2.34. The van der Waals surface area contributed by atoms with Crippen LogP contribution in [0, 0.1) is 29.6 Å². The molecule has 2 fully saturated rings. The summed E-state index contributed by atoms with van der Waals surface area (Å²) in [7, 11) is 0. The average molecular weight is 405 g/mol. The molecule has 0 aromatic rings. The van der Waals surface area contributed by atoms with E-state index in [4.69, 9.17) is 4.74 Å². The lowest BCUT2D eigenvalue weighted by molar-refractivity contribution is -0.141. The molecule has 0 saturated heterocycles. The number of carbonyl (C=O) groups excluding carboxylic acids is 1. The highest BCUT2D eigenvalue weighted by Crippen LogP contribution is 2.39. The van der Waals surface area contributed by atoms with Crippen molar-refractivity contribution in [3.8, 4) is 0 Å². The SMILES string of the molecule is C=C(C)C(=O)OCC(CO)C1CCC(CCC2CCC(CC/C=C/C)CC2)CC1. The summed E-state index contributed by atoms with van der Waals surface area (Å²) < 4.78 is 5.30. The van der Waals surface area contributed by atoms with E-state index in [0.29, 0.717) is 18.1 Å². The lowest BCUT2D eigenvalue weighted by atomic mass is 9.73. The molecule has 2 aliphatic rings. The van der Waals surface area contributed by atoms with Gasteiger partial charge in [-0.25, -0.2) is 4.79 Å². The van der Waals surface area contributed by atoms with Crippen molar-refractivity contribution < 1.29 is 14.6 Å². The Morgan fingerprint density at radius 3 is 2.00 bits per heavy atom. The number of hydrogen-bond donors (Lipinski definition) is 1. The molecular formula is C26H44O3. The molecule has 166 valence electrons. The predicted molar refractivity (Wildman–Crippen MR) is 121 cm³/mol. The first-order valence-electron chi connectivity index (χ1n) is 12.1. The fourth-order valence-corrected chi connectivity index (χ4v) is 5.37. The van der Waals surface area contributed by atoms with Crippen LogP contribution in [0.4, 0.5) is 0 Å². The molecule has 0 aromatic heterocycles. The van der Waals surface area contributed by atoms with Gasteiger partial charge in [-0.05, 0) is 63.2 Å². The van der Waals surface area contributed by atoms with Gasteiger partial charge in [0.05, 0.1) is 6.61 Å². The minimum absolute atomic E-state index is 0.0806. The number of rotatable bonds is 11. The van der Waals surface area contributed by atoms with Crippen molar-refractivity contribution in [1.29, 1.82) is 0 Å². The van der Waals surface area contributed by atoms with E-state index >= 15 is 0 Å². The maximum Gasteiger partial charge on any atom is 0.333 e. The summed E-state index contributed by atoms with van der Waals surface area (Å²) in [5, 5.41) is 9.74. The molecule has 3 heteroatoms. The van der Waals surface area contributed by atoms with E-state index in [1.807, 2.05) is 0 Å². The Bertz CT molecular complexity index is 508. The van der Waals surface area contributed by atoms with E-state index in [9.17, 15) is 9.90 Å². The second-order valence-corrected chi connectivity index (χ2v) is 9.71. The molecule has 0 heterocycles. The standard InChI is InChI=1S/C26H44O3/c1-4-5-6-7-21-8-10-22(11-9-21)12-13-23-14-16-24(17-15-23)25(18-27)19-29-26(28)20(2)3/h4-5,21-25,27H,2,6-19H2,1,3H3/b5-4+. The van der Waals surface area contributed by atoms with Crippen LogP contribution in [0.5, 0.6) is 0 Å². The summed E-state index contributed by atoms with van der Waals surface area (Å²) in [6, 6.07) is 0. The lowest BCUT2D eigenvalue weighted by Crippen LogP contribution is -2.29. The Balaban J connectivity index is 1.61. The zero-order chi connectivity index (χ0) is 21.1. The van der Waals surface area contributed by atoms with Gasteiger partial charge in [0, 0.05) is 18.1 Å². The molecule has 0 radical (unpaired) electrons. The normalized spacial score (nSPS) is 28.9. The van der Waals surface area contributed by atoms with Gasteiger partial charge in [-0.3, -0.25) is 0 Å². The van der Waals surface area contributed by atoms with Crippen molar-refractivity contribution in [2.24, 2.45) is 29.6 Å². The highest BCUT2D eigenvalue weighted by atomic mass is 16.5. The molecule has 0 bridgehead atoms. The highest BCUT2D eigenvalue weighted by molar-refractivity contribution is 5.86. The van der Waals surface area contributed by atoms with Gasteiger partial charge in [-0.15, -0.1) is 0 Å². The van der Waals surface area contributed by atoms with Gasteiger partial charge >= 0.3 is 5.97 Å². The number of aliphatic hydroxyl groups excluding tert-OH is 1. The number of esters is 1. The maximum absolute atomic E-state index is 11.6.